The Morgan fingerprint density at radius 1 is 1.04 bits per heavy atom. The van der Waals surface area contributed by atoms with Gasteiger partial charge in [0.15, 0.2) is 0 Å². The van der Waals surface area contributed by atoms with Gasteiger partial charge in [0.25, 0.3) is 0 Å². The van der Waals surface area contributed by atoms with Crippen molar-refractivity contribution >= 4 is 5.97 Å². The van der Waals surface area contributed by atoms with Crippen LogP contribution in [0.2, 0.25) is 0 Å². The quantitative estimate of drug-likeness (QED) is 0.642. The molecular formula is C19H21N5O2. The first-order valence-electron chi connectivity index (χ1n) is 8.48. The summed E-state index contributed by atoms with van der Waals surface area (Å²) in [5.41, 5.74) is 9.18. The number of hydrogen-bond acceptors (Lipinski definition) is 5. The molecule has 0 aliphatic rings. The van der Waals surface area contributed by atoms with Gasteiger partial charge in [-0.05, 0) is 29.2 Å². The van der Waals surface area contributed by atoms with E-state index in [1.807, 2.05) is 18.2 Å². The molecule has 3 N–H and O–H groups in total. The zero-order valence-corrected chi connectivity index (χ0v) is 14.3. The third kappa shape index (κ3) is 4.97. The molecule has 0 saturated heterocycles. The number of nitrogens with zero attached hydrogens (tertiary/aromatic N) is 4. The van der Waals surface area contributed by atoms with Crippen molar-refractivity contribution in [1.29, 1.82) is 0 Å². The van der Waals surface area contributed by atoms with Crippen molar-refractivity contribution in [2.75, 3.05) is 0 Å². The van der Waals surface area contributed by atoms with E-state index in [0.717, 1.165) is 18.4 Å². The Kier molecular flexibility index (Phi) is 5.70. The molecule has 0 bridgehead atoms. The number of benzene rings is 2. The smallest absolute Gasteiger partial charge is 0.304 e. The summed E-state index contributed by atoms with van der Waals surface area (Å²) in [6.07, 6.45) is 1.83. The highest BCUT2D eigenvalue weighted by molar-refractivity contribution is 5.67. The van der Waals surface area contributed by atoms with Gasteiger partial charge in [-0.2, -0.15) is 4.80 Å². The van der Waals surface area contributed by atoms with Gasteiger partial charge in [0.2, 0.25) is 5.82 Å². The number of hydrogen-bond donors (Lipinski definition) is 2. The fraction of sp³-hybridized carbons (Fsp3) is 0.263. The summed E-state index contributed by atoms with van der Waals surface area (Å²) >= 11 is 0. The largest absolute Gasteiger partial charge is 0.481 e. The number of aryl methyl sites for hydroxylation is 2. The highest BCUT2D eigenvalue weighted by atomic mass is 16.4. The SMILES string of the molecule is NC(CC(=O)O)Cn1nnc(-c2ccc(CCc3ccccc3)cc2)n1. The van der Waals surface area contributed by atoms with E-state index in [1.165, 1.54) is 15.9 Å². The maximum absolute atomic E-state index is 10.7. The molecule has 1 atom stereocenters. The Morgan fingerprint density at radius 3 is 2.35 bits per heavy atom. The molecular weight excluding hydrogens is 330 g/mol. The molecule has 0 aliphatic heterocycles. The van der Waals surface area contributed by atoms with Crippen LogP contribution in [0.3, 0.4) is 0 Å². The van der Waals surface area contributed by atoms with E-state index in [2.05, 4.69) is 51.8 Å². The molecule has 0 amide bonds. The predicted octanol–water partition coefficient (Wildman–Crippen LogP) is 1.93. The van der Waals surface area contributed by atoms with Crippen molar-refractivity contribution in [2.45, 2.75) is 31.8 Å². The summed E-state index contributed by atoms with van der Waals surface area (Å²) in [5.74, 6) is -0.439. The maximum atomic E-state index is 10.7. The van der Waals surface area contributed by atoms with Crippen LogP contribution < -0.4 is 5.73 Å². The highest BCUT2D eigenvalue weighted by Gasteiger charge is 2.12. The number of carbonyl (C=O) groups is 1. The first-order chi connectivity index (χ1) is 12.6. The average Bonchev–Trinajstić information content (AvgIpc) is 3.09. The molecule has 7 nitrogen and oxygen atoms in total. The molecule has 26 heavy (non-hydrogen) atoms. The van der Waals surface area contributed by atoms with Crippen molar-refractivity contribution in [3.05, 3.63) is 65.7 Å². The van der Waals surface area contributed by atoms with Crippen molar-refractivity contribution in [3.63, 3.8) is 0 Å². The maximum Gasteiger partial charge on any atom is 0.304 e. The molecule has 3 aromatic rings. The molecule has 1 aromatic heterocycles. The van der Waals surface area contributed by atoms with Crippen LogP contribution in [0.5, 0.6) is 0 Å². The minimum atomic E-state index is -0.941. The van der Waals surface area contributed by atoms with Gasteiger partial charge in [-0.3, -0.25) is 4.79 Å². The fourth-order valence-electron chi connectivity index (χ4n) is 2.69. The topological polar surface area (TPSA) is 107 Å². The zero-order chi connectivity index (χ0) is 18.4. The molecule has 2 aromatic carbocycles. The lowest BCUT2D eigenvalue weighted by Crippen LogP contribution is -2.30. The van der Waals surface area contributed by atoms with Crippen molar-refractivity contribution in [1.82, 2.24) is 20.2 Å². The lowest BCUT2D eigenvalue weighted by Gasteiger charge is -2.06. The minimum Gasteiger partial charge on any atom is -0.481 e. The Labute approximate surface area is 151 Å². The van der Waals surface area contributed by atoms with E-state index >= 15 is 0 Å². The third-order valence-electron chi connectivity index (χ3n) is 4.04. The average molecular weight is 351 g/mol. The summed E-state index contributed by atoms with van der Waals surface area (Å²) in [5, 5.41) is 21.0. The molecule has 134 valence electrons. The van der Waals surface area contributed by atoms with Crippen LogP contribution in [0.4, 0.5) is 0 Å². The molecule has 3 rings (SSSR count). The second-order valence-corrected chi connectivity index (χ2v) is 6.21. The Bertz CT molecular complexity index is 846. The molecule has 0 spiro atoms. The molecule has 1 heterocycles. The molecule has 7 heteroatoms. The van der Waals surface area contributed by atoms with E-state index in [0.29, 0.717) is 5.82 Å². The monoisotopic (exact) mass is 351 g/mol. The van der Waals surface area contributed by atoms with Crippen LogP contribution in [0, 0.1) is 0 Å². The summed E-state index contributed by atoms with van der Waals surface area (Å²) in [4.78, 5) is 12.0. The van der Waals surface area contributed by atoms with Crippen LogP contribution in [0.15, 0.2) is 54.6 Å². The van der Waals surface area contributed by atoms with Crippen LogP contribution in [-0.4, -0.2) is 37.3 Å². The van der Waals surface area contributed by atoms with E-state index in [4.69, 9.17) is 10.8 Å². The lowest BCUT2D eigenvalue weighted by atomic mass is 10.0. The fourth-order valence-corrected chi connectivity index (χ4v) is 2.69. The first-order valence-corrected chi connectivity index (χ1v) is 8.48. The summed E-state index contributed by atoms with van der Waals surface area (Å²) < 4.78 is 0. The van der Waals surface area contributed by atoms with Crippen molar-refractivity contribution in [3.8, 4) is 11.4 Å². The number of carboxylic acid groups (broad SMARTS) is 1. The van der Waals surface area contributed by atoms with Gasteiger partial charge < -0.3 is 10.8 Å². The second-order valence-electron chi connectivity index (χ2n) is 6.21. The van der Waals surface area contributed by atoms with Gasteiger partial charge in [-0.15, -0.1) is 10.2 Å². The molecule has 0 aliphatic carbocycles. The Morgan fingerprint density at radius 2 is 1.69 bits per heavy atom. The number of aliphatic carboxylic acids is 1. The van der Waals surface area contributed by atoms with Crippen LogP contribution in [0.1, 0.15) is 17.5 Å². The summed E-state index contributed by atoms with van der Waals surface area (Å²) in [6.45, 7) is 0.217. The number of tetrazole rings is 1. The standard InChI is InChI=1S/C19H21N5O2/c20-17(12-18(25)26)13-24-22-19(21-23-24)16-10-8-15(9-11-16)7-6-14-4-2-1-3-5-14/h1-5,8-11,17H,6-7,12-13,20H2,(H,25,26). The number of rotatable bonds is 8. The number of nitrogens with two attached hydrogens (primary N) is 1. The predicted molar refractivity (Wildman–Crippen MR) is 97.3 cm³/mol. The van der Waals surface area contributed by atoms with Gasteiger partial charge >= 0.3 is 5.97 Å². The molecule has 0 saturated carbocycles. The van der Waals surface area contributed by atoms with E-state index in [-0.39, 0.29) is 13.0 Å². The Balaban J connectivity index is 1.59. The Hall–Kier alpha value is -3.06. The van der Waals surface area contributed by atoms with E-state index < -0.39 is 12.0 Å². The zero-order valence-electron chi connectivity index (χ0n) is 14.3. The number of aromatic nitrogens is 4. The van der Waals surface area contributed by atoms with Crippen molar-refractivity contribution < 1.29 is 9.90 Å². The molecule has 0 fully saturated rings. The molecule has 0 radical (unpaired) electrons. The summed E-state index contributed by atoms with van der Waals surface area (Å²) in [6, 6.07) is 17.9. The normalized spacial score (nSPS) is 12.0. The lowest BCUT2D eigenvalue weighted by molar-refractivity contribution is -0.137. The van der Waals surface area contributed by atoms with Gasteiger partial charge in [0, 0.05) is 11.6 Å². The van der Waals surface area contributed by atoms with E-state index in [9.17, 15) is 4.79 Å². The van der Waals surface area contributed by atoms with Gasteiger partial charge in [-0.1, -0.05) is 54.6 Å². The van der Waals surface area contributed by atoms with Crippen LogP contribution in [-0.2, 0) is 24.2 Å². The second kappa shape index (κ2) is 8.35. The third-order valence-corrected chi connectivity index (χ3v) is 4.04. The minimum absolute atomic E-state index is 0.132. The highest BCUT2D eigenvalue weighted by Crippen LogP contribution is 2.16. The summed E-state index contributed by atoms with van der Waals surface area (Å²) in [7, 11) is 0. The molecule has 1 unspecified atom stereocenters. The first kappa shape index (κ1) is 17.8. The van der Waals surface area contributed by atoms with Crippen LogP contribution in [0.25, 0.3) is 11.4 Å². The van der Waals surface area contributed by atoms with Crippen LogP contribution >= 0.6 is 0 Å². The van der Waals surface area contributed by atoms with E-state index in [1.54, 1.807) is 0 Å². The van der Waals surface area contributed by atoms with Gasteiger partial charge in [0.1, 0.15) is 0 Å². The van der Waals surface area contributed by atoms with Crippen molar-refractivity contribution in [2.24, 2.45) is 5.73 Å². The van der Waals surface area contributed by atoms with Gasteiger partial charge in [0.05, 0.1) is 13.0 Å². The van der Waals surface area contributed by atoms with Gasteiger partial charge in [-0.25, -0.2) is 0 Å². The number of carboxylic acids is 1.